The summed E-state index contributed by atoms with van der Waals surface area (Å²) in [5, 5.41) is 48.1. The fraction of sp³-hybridized carbons (Fsp3) is 1.00. The number of hydrogen-bond acceptors (Lipinski definition) is 8. The molecule has 0 radical (unpaired) electrons. The third-order valence-electron chi connectivity index (χ3n) is 3.96. The van der Waals surface area contributed by atoms with Gasteiger partial charge >= 0.3 is 0 Å². The van der Waals surface area contributed by atoms with E-state index >= 15 is 0 Å². The van der Waals surface area contributed by atoms with Gasteiger partial charge in [-0.1, -0.05) is 0 Å². The number of rotatable bonds is 5. The van der Waals surface area contributed by atoms with Gasteiger partial charge < -0.3 is 39.7 Å². The van der Waals surface area contributed by atoms with Gasteiger partial charge in [0.1, 0.15) is 36.6 Å². The third kappa shape index (κ3) is 3.58. The second-order valence-corrected chi connectivity index (χ2v) is 6.54. The lowest BCUT2D eigenvalue weighted by atomic mass is 10.0. The van der Waals surface area contributed by atoms with E-state index in [1.807, 2.05) is 0 Å². The number of aliphatic hydroxyl groups is 5. The second kappa shape index (κ2) is 7.84. The van der Waals surface area contributed by atoms with Gasteiger partial charge in [0.25, 0.3) is 0 Å². The van der Waals surface area contributed by atoms with Crippen LogP contribution in [0.5, 0.6) is 0 Å². The highest BCUT2D eigenvalue weighted by Gasteiger charge is 2.58. The summed E-state index contributed by atoms with van der Waals surface area (Å²) in [6.07, 6.45) is -9.39. The van der Waals surface area contributed by atoms with Gasteiger partial charge in [0.2, 0.25) is 5.79 Å². The molecule has 136 valence electrons. The zero-order chi connectivity index (χ0) is 17.4. The lowest BCUT2D eigenvalue weighted by Gasteiger charge is -2.43. The first-order valence-electron chi connectivity index (χ1n) is 6.91. The molecule has 23 heavy (non-hydrogen) atoms. The van der Waals surface area contributed by atoms with E-state index in [1.54, 1.807) is 0 Å². The van der Waals surface area contributed by atoms with E-state index in [-0.39, 0.29) is 5.88 Å². The average molecular weight is 398 g/mol. The van der Waals surface area contributed by atoms with Crippen LogP contribution in [0.15, 0.2) is 0 Å². The van der Waals surface area contributed by atoms with Crippen LogP contribution in [0.3, 0.4) is 0 Å². The van der Waals surface area contributed by atoms with Gasteiger partial charge in [0.05, 0.1) is 23.7 Å². The average Bonchev–Trinajstić information content (AvgIpc) is 2.80. The van der Waals surface area contributed by atoms with Crippen LogP contribution in [-0.4, -0.2) is 98.0 Å². The summed E-state index contributed by atoms with van der Waals surface area (Å²) in [6, 6.07) is 0. The van der Waals surface area contributed by atoms with Crippen LogP contribution in [-0.2, 0) is 14.2 Å². The predicted octanol–water partition coefficient (Wildman–Crippen LogP) is -1.66. The van der Waals surface area contributed by atoms with Crippen molar-refractivity contribution >= 4 is 34.8 Å². The Hall–Kier alpha value is 0.550. The Morgan fingerprint density at radius 1 is 1.00 bits per heavy atom. The van der Waals surface area contributed by atoms with E-state index in [0.717, 1.165) is 0 Å². The molecule has 11 heteroatoms. The molecular formula is C12H19Cl3O8. The molecule has 0 amide bonds. The summed E-state index contributed by atoms with van der Waals surface area (Å²) >= 11 is 17.3. The minimum absolute atomic E-state index is 0.125. The van der Waals surface area contributed by atoms with Crippen LogP contribution >= 0.6 is 34.8 Å². The fourth-order valence-electron chi connectivity index (χ4n) is 2.56. The summed E-state index contributed by atoms with van der Waals surface area (Å²) in [6.45, 7) is -0.526. The molecule has 2 aliphatic heterocycles. The first kappa shape index (κ1) is 19.9. The first-order chi connectivity index (χ1) is 10.8. The molecule has 0 aliphatic carbocycles. The van der Waals surface area contributed by atoms with Gasteiger partial charge in [-0.15, -0.1) is 34.8 Å². The monoisotopic (exact) mass is 396 g/mol. The van der Waals surface area contributed by atoms with Crippen molar-refractivity contribution in [3.63, 3.8) is 0 Å². The lowest BCUT2D eigenvalue weighted by molar-refractivity contribution is -0.357. The van der Waals surface area contributed by atoms with E-state index in [4.69, 9.17) is 49.0 Å². The highest BCUT2D eigenvalue weighted by Crippen LogP contribution is 2.37. The summed E-state index contributed by atoms with van der Waals surface area (Å²) in [5.41, 5.74) is 0. The van der Waals surface area contributed by atoms with Crippen molar-refractivity contribution in [2.24, 2.45) is 0 Å². The molecule has 2 heterocycles. The number of halogens is 3. The molecule has 0 aromatic rings. The minimum atomic E-state index is -1.90. The highest BCUT2D eigenvalue weighted by molar-refractivity contribution is 6.21. The van der Waals surface area contributed by atoms with Crippen molar-refractivity contribution in [2.45, 2.75) is 54.1 Å². The van der Waals surface area contributed by atoms with Crippen LogP contribution in [0.25, 0.3) is 0 Å². The van der Waals surface area contributed by atoms with Gasteiger partial charge in [0.15, 0.2) is 6.29 Å². The quantitative estimate of drug-likeness (QED) is 0.349. The molecule has 2 rings (SSSR count). The van der Waals surface area contributed by atoms with Crippen LogP contribution in [0.2, 0.25) is 0 Å². The molecule has 0 spiro atoms. The number of ether oxygens (including phenoxy) is 3. The molecule has 0 aromatic carbocycles. The van der Waals surface area contributed by atoms with Gasteiger partial charge in [-0.25, -0.2) is 0 Å². The molecule has 0 bridgehead atoms. The normalized spacial score (nSPS) is 51.1. The Labute approximate surface area is 147 Å². The molecule has 0 unspecified atom stereocenters. The summed E-state index contributed by atoms with van der Waals surface area (Å²) in [4.78, 5) is 0. The Morgan fingerprint density at radius 3 is 2.13 bits per heavy atom. The van der Waals surface area contributed by atoms with Crippen molar-refractivity contribution in [1.82, 2.24) is 0 Å². The van der Waals surface area contributed by atoms with Crippen LogP contribution in [0.4, 0.5) is 0 Å². The largest absolute Gasteiger partial charge is 0.394 e. The summed E-state index contributed by atoms with van der Waals surface area (Å²) in [7, 11) is 0. The topological polar surface area (TPSA) is 129 Å². The standard InChI is InChI=1S/C12H19Cl3O8/c13-1-4-7(17)10(20)12(3-14,22-4)23-11-9(19)8(18)6(15)5(2-16)21-11/h4-11,16-20H,1-3H2/t4-,5-,6-,7+,8-,9-,10+,11-,12+/m0/s1. The van der Waals surface area contributed by atoms with E-state index < -0.39 is 66.6 Å². The Balaban J connectivity index is 2.18. The third-order valence-corrected chi connectivity index (χ3v) is 5.17. The number of alkyl halides is 3. The zero-order valence-electron chi connectivity index (χ0n) is 11.8. The molecule has 9 atom stereocenters. The number of aliphatic hydroxyl groups excluding tert-OH is 5. The first-order valence-corrected chi connectivity index (χ1v) is 8.42. The van der Waals surface area contributed by atoms with Crippen LogP contribution < -0.4 is 0 Å². The smallest absolute Gasteiger partial charge is 0.214 e. The number of hydrogen-bond donors (Lipinski definition) is 5. The Kier molecular flexibility index (Phi) is 6.77. The molecule has 2 saturated heterocycles. The summed E-state index contributed by atoms with van der Waals surface area (Å²) < 4.78 is 16.1. The SMILES string of the molecule is OC[C@@H]1O[C@@H](O[C@@]2(CCl)O[C@@H](CCl)[C@@H](O)[C@H]2O)[C@@H](O)[C@@H](O)[C@H]1Cl. The maximum Gasteiger partial charge on any atom is 0.214 e. The molecule has 0 aromatic heterocycles. The highest BCUT2D eigenvalue weighted by atomic mass is 35.5. The minimum Gasteiger partial charge on any atom is -0.394 e. The van der Waals surface area contributed by atoms with Gasteiger partial charge in [0, 0.05) is 0 Å². The van der Waals surface area contributed by atoms with E-state index in [2.05, 4.69) is 0 Å². The van der Waals surface area contributed by atoms with Crippen molar-refractivity contribution in [3.8, 4) is 0 Å². The Bertz CT molecular complexity index is 403. The van der Waals surface area contributed by atoms with E-state index in [0.29, 0.717) is 0 Å². The second-order valence-electron chi connectivity index (χ2n) is 5.46. The van der Waals surface area contributed by atoms with Gasteiger partial charge in [-0.05, 0) is 0 Å². The van der Waals surface area contributed by atoms with E-state index in [1.165, 1.54) is 0 Å². The maximum atomic E-state index is 10.1. The van der Waals surface area contributed by atoms with Crippen molar-refractivity contribution < 1.29 is 39.7 Å². The van der Waals surface area contributed by atoms with E-state index in [9.17, 15) is 25.5 Å². The lowest BCUT2D eigenvalue weighted by Crippen LogP contribution is -2.61. The van der Waals surface area contributed by atoms with Gasteiger partial charge in [-0.3, -0.25) is 0 Å². The molecule has 0 saturated carbocycles. The van der Waals surface area contributed by atoms with Crippen molar-refractivity contribution in [3.05, 3.63) is 0 Å². The fourth-order valence-corrected chi connectivity index (χ4v) is 3.37. The van der Waals surface area contributed by atoms with Crippen molar-refractivity contribution in [2.75, 3.05) is 18.4 Å². The van der Waals surface area contributed by atoms with Crippen molar-refractivity contribution in [1.29, 1.82) is 0 Å². The van der Waals surface area contributed by atoms with Crippen LogP contribution in [0, 0.1) is 0 Å². The molecule has 8 nitrogen and oxygen atoms in total. The maximum absolute atomic E-state index is 10.1. The van der Waals surface area contributed by atoms with Gasteiger partial charge in [-0.2, -0.15) is 0 Å². The summed E-state index contributed by atoms with van der Waals surface area (Å²) in [5.74, 6) is -2.43. The molecule has 2 fully saturated rings. The predicted molar refractivity (Wildman–Crippen MR) is 79.5 cm³/mol. The molecule has 5 N–H and O–H groups in total. The molecular weight excluding hydrogens is 378 g/mol. The zero-order valence-corrected chi connectivity index (χ0v) is 14.1. The Morgan fingerprint density at radius 2 is 1.65 bits per heavy atom. The molecule has 2 aliphatic rings. The van der Waals surface area contributed by atoms with Crippen LogP contribution in [0.1, 0.15) is 0 Å².